The largest absolute Gasteiger partial charge is 0.382 e. The number of primary amides is 1. The predicted octanol–water partition coefficient (Wildman–Crippen LogP) is 2.61. The molecule has 0 radical (unpaired) electrons. The highest BCUT2D eigenvalue weighted by Crippen LogP contribution is 2.51. The molecule has 2 aliphatic carbocycles. The Bertz CT molecular complexity index is 1530. The Morgan fingerprint density at radius 3 is 2.26 bits per heavy atom. The first kappa shape index (κ1) is 45.5. The number of unbranched alkanes of at least 4 members (excludes halogenated alkanes) is 1. The third-order valence-electron chi connectivity index (χ3n) is 11.6. The summed E-state index contributed by atoms with van der Waals surface area (Å²) in [6.45, 7) is 3.81. The number of rotatable bonds is 25. The number of Topliss-reactive ketones (excluding diaryl/α,β-unsaturated/α-hetero) is 2. The number of amides is 5. The van der Waals surface area contributed by atoms with Gasteiger partial charge in [0.1, 0.15) is 24.7 Å². The average molecular weight is 798 g/mol. The smallest absolute Gasteiger partial charge is 0.290 e. The van der Waals surface area contributed by atoms with Crippen LogP contribution in [-0.4, -0.2) is 110 Å². The van der Waals surface area contributed by atoms with Crippen molar-refractivity contribution in [3.63, 3.8) is 0 Å². The molecule has 2 saturated carbocycles. The highest BCUT2D eigenvalue weighted by Gasteiger charge is 2.53. The summed E-state index contributed by atoms with van der Waals surface area (Å²) in [7, 11) is 1.55. The standard InChI is InChI=1S/C42H63N5O10/c1-4-6-18-33(38(43)51)45-36(49)25-44-40(53)37(50)32(13-5-2)46-39(52)34-23-30(57-27-56-22-21-55-3)26-47(34)41(54)31(28-14-9-7-10-15-28)24-35(48)42(19-20-42)29-16-11-8-12-17-29/h8,11-12,16-17,28,30-34H,4-7,9-10,13-15,18-27H2,1-3H3,(H2,43,51)(H,44,53)(H,45,49)(H,46,52)/t30-,31?,32?,33?,34+/m1/s1. The summed E-state index contributed by atoms with van der Waals surface area (Å²) in [5, 5.41) is 7.50. The summed E-state index contributed by atoms with van der Waals surface area (Å²) < 4.78 is 16.5. The lowest BCUT2D eigenvalue weighted by atomic mass is 9.75. The van der Waals surface area contributed by atoms with E-state index in [0.717, 1.165) is 56.9 Å². The summed E-state index contributed by atoms with van der Waals surface area (Å²) in [4.78, 5) is 95.4. The van der Waals surface area contributed by atoms with Crippen LogP contribution in [0.4, 0.5) is 0 Å². The summed E-state index contributed by atoms with van der Waals surface area (Å²) in [6, 6.07) is 6.51. The van der Waals surface area contributed by atoms with Crippen LogP contribution in [0.2, 0.25) is 0 Å². The zero-order chi connectivity index (χ0) is 41.4. The van der Waals surface area contributed by atoms with Gasteiger partial charge in [-0.15, -0.1) is 0 Å². The monoisotopic (exact) mass is 797 g/mol. The Labute approximate surface area is 336 Å². The summed E-state index contributed by atoms with van der Waals surface area (Å²) in [5.41, 5.74) is 5.76. The minimum Gasteiger partial charge on any atom is -0.382 e. The molecule has 0 spiro atoms. The van der Waals surface area contributed by atoms with Crippen molar-refractivity contribution in [2.24, 2.45) is 17.6 Å². The van der Waals surface area contributed by atoms with Gasteiger partial charge in [0, 0.05) is 32.4 Å². The van der Waals surface area contributed by atoms with Crippen molar-refractivity contribution in [1.82, 2.24) is 20.9 Å². The third-order valence-corrected chi connectivity index (χ3v) is 11.6. The number of hydrogen-bond acceptors (Lipinski definition) is 10. The molecule has 3 fully saturated rings. The van der Waals surface area contributed by atoms with E-state index in [1.807, 2.05) is 37.3 Å². The van der Waals surface area contributed by atoms with Crippen LogP contribution in [-0.2, 0) is 53.2 Å². The van der Waals surface area contributed by atoms with E-state index in [1.165, 1.54) is 4.90 Å². The molecule has 0 aromatic heterocycles. The van der Waals surface area contributed by atoms with Crippen molar-refractivity contribution < 1.29 is 47.8 Å². The molecule has 5 N–H and O–H groups in total. The first-order valence-corrected chi connectivity index (χ1v) is 20.7. The molecular weight excluding hydrogens is 734 g/mol. The zero-order valence-corrected chi connectivity index (χ0v) is 33.9. The number of ether oxygens (including phenoxy) is 3. The fourth-order valence-electron chi connectivity index (χ4n) is 8.14. The van der Waals surface area contributed by atoms with Gasteiger partial charge in [0.25, 0.3) is 5.91 Å². The molecule has 4 rings (SSSR count). The van der Waals surface area contributed by atoms with Crippen molar-refractivity contribution in [3.8, 4) is 0 Å². The molecular formula is C42H63N5O10. The van der Waals surface area contributed by atoms with E-state index in [2.05, 4.69) is 16.0 Å². The van der Waals surface area contributed by atoms with E-state index in [-0.39, 0.29) is 50.2 Å². The summed E-state index contributed by atoms with van der Waals surface area (Å²) >= 11 is 0. The third kappa shape index (κ3) is 12.9. The van der Waals surface area contributed by atoms with Gasteiger partial charge in [-0.2, -0.15) is 0 Å². The molecule has 1 saturated heterocycles. The lowest BCUT2D eigenvalue weighted by Gasteiger charge is -2.35. The van der Waals surface area contributed by atoms with Gasteiger partial charge in [-0.05, 0) is 50.0 Å². The normalized spacial score (nSPS) is 20.5. The summed E-state index contributed by atoms with van der Waals surface area (Å²) in [6.07, 6.45) is 8.00. The predicted molar refractivity (Wildman–Crippen MR) is 210 cm³/mol. The van der Waals surface area contributed by atoms with Crippen molar-refractivity contribution >= 4 is 41.1 Å². The number of likely N-dealkylation sites (tertiary alicyclic amines) is 1. The molecule has 5 atom stereocenters. The van der Waals surface area contributed by atoms with Gasteiger partial charge in [-0.1, -0.05) is 82.7 Å². The Hall–Kier alpha value is -4.21. The van der Waals surface area contributed by atoms with E-state index in [1.54, 1.807) is 14.0 Å². The number of ketones is 2. The molecule has 1 aromatic carbocycles. The second-order valence-electron chi connectivity index (χ2n) is 15.7. The maximum absolute atomic E-state index is 14.8. The number of carbonyl (C=O) groups excluding carboxylic acids is 7. The highest BCUT2D eigenvalue weighted by molar-refractivity contribution is 6.38. The van der Waals surface area contributed by atoms with Crippen molar-refractivity contribution in [1.29, 1.82) is 0 Å². The maximum atomic E-state index is 14.8. The number of carbonyl (C=O) groups is 7. The number of benzene rings is 1. The number of nitrogens with zero attached hydrogens (tertiary/aromatic N) is 1. The Morgan fingerprint density at radius 2 is 1.63 bits per heavy atom. The van der Waals surface area contributed by atoms with E-state index in [4.69, 9.17) is 19.9 Å². The molecule has 316 valence electrons. The zero-order valence-electron chi connectivity index (χ0n) is 33.9. The van der Waals surface area contributed by atoms with Gasteiger partial charge in [0.2, 0.25) is 29.4 Å². The average Bonchev–Trinajstić information content (AvgIpc) is 3.93. The molecule has 15 nitrogen and oxygen atoms in total. The quantitative estimate of drug-likeness (QED) is 0.0645. The lowest BCUT2D eigenvalue weighted by Crippen LogP contribution is -2.55. The topological polar surface area (TPSA) is 213 Å². The van der Waals surface area contributed by atoms with Crippen LogP contribution in [0.3, 0.4) is 0 Å². The number of nitrogens with two attached hydrogens (primary N) is 1. The van der Waals surface area contributed by atoms with Crippen LogP contribution >= 0.6 is 0 Å². The Morgan fingerprint density at radius 1 is 0.912 bits per heavy atom. The van der Waals surface area contributed by atoms with Crippen molar-refractivity contribution in [3.05, 3.63) is 35.9 Å². The van der Waals surface area contributed by atoms with Crippen molar-refractivity contribution in [2.45, 2.75) is 133 Å². The summed E-state index contributed by atoms with van der Waals surface area (Å²) in [5.74, 6) is -4.95. The molecule has 57 heavy (non-hydrogen) atoms. The second kappa shape index (κ2) is 22.7. The van der Waals surface area contributed by atoms with Crippen LogP contribution in [0.5, 0.6) is 0 Å². The number of hydrogen-bond donors (Lipinski definition) is 4. The molecule has 5 amide bonds. The van der Waals surface area contributed by atoms with E-state index < -0.39 is 71.5 Å². The van der Waals surface area contributed by atoms with Crippen molar-refractivity contribution in [2.75, 3.05) is 40.2 Å². The van der Waals surface area contributed by atoms with Crippen LogP contribution in [0.15, 0.2) is 30.3 Å². The van der Waals surface area contributed by atoms with Gasteiger partial charge in [0.05, 0.1) is 37.3 Å². The molecule has 1 heterocycles. The molecule has 1 aromatic rings. The van der Waals surface area contributed by atoms with Crippen LogP contribution in [0, 0.1) is 11.8 Å². The minimum absolute atomic E-state index is 0.0250. The first-order valence-electron chi connectivity index (χ1n) is 20.7. The highest BCUT2D eigenvalue weighted by atomic mass is 16.7. The van der Waals surface area contributed by atoms with E-state index in [0.29, 0.717) is 32.5 Å². The van der Waals surface area contributed by atoms with Crippen LogP contribution in [0.25, 0.3) is 0 Å². The number of methoxy groups -OCH3 is 1. The van der Waals surface area contributed by atoms with Gasteiger partial charge < -0.3 is 40.8 Å². The molecule has 3 aliphatic rings. The fourth-order valence-corrected chi connectivity index (χ4v) is 8.14. The molecule has 0 bridgehead atoms. The minimum atomic E-state index is -1.24. The van der Waals surface area contributed by atoms with Gasteiger partial charge >= 0.3 is 0 Å². The van der Waals surface area contributed by atoms with Gasteiger partial charge in [-0.25, -0.2) is 0 Å². The molecule has 3 unspecified atom stereocenters. The fraction of sp³-hybridized carbons (Fsp3) is 0.690. The van der Waals surface area contributed by atoms with Crippen LogP contribution < -0.4 is 21.7 Å². The van der Waals surface area contributed by atoms with Gasteiger partial charge in [-0.3, -0.25) is 33.6 Å². The van der Waals surface area contributed by atoms with Crippen LogP contribution in [0.1, 0.15) is 109 Å². The van der Waals surface area contributed by atoms with Gasteiger partial charge in [0.15, 0.2) is 0 Å². The van der Waals surface area contributed by atoms with E-state index >= 15 is 0 Å². The first-order chi connectivity index (χ1) is 27.4. The second-order valence-corrected chi connectivity index (χ2v) is 15.7. The maximum Gasteiger partial charge on any atom is 0.290 e. The van der Waals surface area contributed by atoms with E-state index in [9.17, 15) is 33.6 Å². The molecule has 1 aliphatic heterocycles. The number of nitrogens with one attached hydrogen (secondary N) is 3. The Balaban J connectivity index is 1.50. The Kier molecular flexibility index (Phi) is 18.1. The lowest BCUT2D eigenvalue weighted by molar-refractivity contribution is -0.146. The SMILES string of the molecule is CCCCC(NC(=O)CNC(=O)C(=O)C(CCC)NC(=O)[C@@H]1C[C@@H](OCOCCOC)CN1C(=O)C(CC(=O)C1(c2ccccc2)CC1)C1CCCCC1)C(N)=O. The molecule has 15 heteroatoms.